The van der Waals surface area contributed by atoms with E-state index in [0.29, 0.717) is 50.6 Å². The smallest absolute Gasteiger partial charge is 0.299 e. The van der Waals surface area contributed by atoms with Gasteiger partial charge in [-0.15, -0.1) is 32.1 Å². The number of nitrogens with zero attached hydrogens (tertiary/aromatic N) is 5. The fourth-order valence-corrected chi connectivity index (χ4v) is 20.9. The second kappa shape index (κ2) is 37.7. The first-order valence-electron chi connectivity index (χ1n) is 43.4. The number of H-pyrrole nitrogens is 1. The van der Waals surface area contributed by atoms with Crippen LogP contribution in [0.5, 0.6) is 0 Å². The van der Waals surface area contributed by atoms with Gasteiger partial charge in [-0.25, -0.2) is 35.1 Å². The molecule has 1 N–H and O–H groups in total. The van der Waals surface area contributed by atoms with Gasteiger partial charge in [-0.2, -0.15) is 0 Å². The largest absolute Gasteiger partial charge is 0.356 e. The van der Waals surface area contributed by atoms with E-state index >= 15 is 0 Å². The van der Waals surface area contributed by atoms with Gasteiger partial charge in [0.2, 0.25) is 0 Å². The lowest BCUT2D eigenvalue weighted by Crippen LogP contribution is -2.45. The molecule has 5 amide bonds. The van der Waals surface area contributed by atoms with Crippen LogP contribution < -0.4 is 0 Å². The quantitative estimate of drug-likeness (QED) is 0.120. The third kappa shape index (κ3) is 16.8. The van der Waals surface area contributed by atoms with Crippen molar-refractivity contribution in [2.45, 2.75) is 159 Å². The lowest BCUT2D eigenvalue weighted by molar-refractivity contribution is -0.130. The molecule has 130 heavy (non-hydrogen) atoms. The third-order valence-corrected chi connectivity index (χ3v) is 26.5. The molecule has 0 saturated carbocycles. The topological polar surface area (TPSA) is 117 Å². The summed E-state index contributed by atoms with van der Waals surface area (Å²) in [6.07, 6.45) is 36.3. The molecule has 6 heterocycles. The first kappa shape index (κ1) is 88.7. The van der Waals surface area contributed by atoms with Gasteiger partial charge in [-0.05, 0) is 287 Å². The molecule has 0 radical (unpaired) electrons. The van der Waals surface area contributed by atoms with Crippen molar-refractivity contribution in [2.24, 2.45) is 0 Å². The van der Waals surface area contributed by atoms with E-state index in [1.54, 1.807) is 39.0 Å². The Morgan fingerprint density at radius 1 is 0.377 bits per heavy atom. The number of terminal acetylenes is 5. The van der Waals surface area contributed by atoms with Crippen LogP contribution >= 0.6 is 0 Å². The third-order valence-electron chi connectivity index (χ3n) is 26.5. The number of aromatic amines is 1. The van der Waals surface area contributed by atoms with E-state index in [0.717, 1.165) is 129 Å². The van der Waals surface area contributed by atoms with Gasteiger partial charge in [0.25, 0.3) is 29.5 Å². The highest BCUT2D eigenvalue weighted by Crippen LogP contribution is 2.55. The number of halogens is 8. The van der Waals surface area contributed by atoms with Crippen LogP contribution in [0, 0.1) is 108 Å². The molecule has 0 fully saturated rings. The standard InChI is InChI=1S/C25H24FNO.3C22H17F2NO.C20H15FN2O/c1-3-5-9-20-16-22-21-10-7-6-8-18(21)15-23(22)25(27(20)24(28)4-2)17-11-13-19(26)14-12-17;1-3-20(26)25-13(2)11-16-15-8-5-4-7-14(15)12-17(16)22(25)21-18(23)9-6-10-19(21)24;1-3-21(26)25-13(2)10-17-16-7-5-4-6-14(16)11-18(17)22(25)15-8-9-19(23)20(24)12-15;1-3-21(26)25-13(2)10-18-16-7-5-4-6-14(16)11-19(18)22(25)17-9-8-15(23)12-20(17)24;1-2-18(24)23-12-11-16-15-5-3-4-6-17(15)22-19(16)20(23)13-7-9-14(21)10-8-13/h2,6-8,10-14,20,25H,3,5,9,15-16H2,1H3;1,4-10,13,22H,11-12H2,2H3;2*1,4-9,12-13,22H,10-11H2,2H3;1,3-10,20,22H,11-12H2/t20-,25-;13-,22+;2*13-,22-;20-/m00001/s1. The van der Waals surface area contributed by atoms with Crippen molar-refractivity contribution in [3.05, 3.63) is 377 Å². The first-order valence-corrected chi connectivity index (χ1v) is 43.4. The lowest BCUT2D eigenvalue weighted by Gasteiger charge is -2.43. The molecular weight excluding hydrogens is 1650 g/mol. The molecule has 20 rings (SSSR count). The zero-order valence-corrected chi connectivity index (χ0v) is 71.9. The fourth-order valence-electron chi connectivity index (χ4n) is 20.9. The molecule has 9 aliphatic rings. The molecule has 10 aromatic carbocycles. The van der Waals surface area contributed by atoms with E-state index in [-0.39, 0.29) is 70.8 Å². The maximum Gasteiger partial charge on any atom is 0.299 e. The number of carbonyl (C=O) groups excluding carboxylic acids is 5. The van der Waals surface area contributed by atoms with Gasteiger partial charge in [-0.1, -0.05) is 177 Å². The summed E-state index contributed by atoms with van der Waals surface area (Å²) in [5.41, 5.74) is 24.0. The normalized spacial score (nSPS) is 20.2. The Bertz CT molecular complexity index is 6740. The minimum atomic E-state index is -0.925. The highest BCUT2D eigenvalue weighted by Gasteiger charge is 2.48. The summed E-state index contributed by atoms with van der Waals surface area (Å²) in [6.45, 7) is 8.41. The van der Waals surface area contributed by atoms with Crippen molar-refractivity contribution < 1.29 is 59.1 Å². The molecule has 650 valence electrons. The maximum absolute atomic E-state index is 14.6. The summed E-state index contributed by atoms with van der Waals surface area (Å²) in [5, 5.41) is 1.16. The molecule has 0 bridgehead atoms. The van der Waals surface area contributed by atoms with E-state index in [2.05, 4.69) is 90.0 Å². The fraction of sp³-hybridized carbons (Fsp3) is 0.234. The Morgan fingerprint density at radius 3 is 1.25 bits per heavy atom. The summed E-state index contributed by atoms with van der Waals surface area (Å²) in [7, 11) is 0. The van der Waals surface area contributed by atoms with Crippen LogP contribution in [0.3, 0.4) is 0 Å². The summed E-state index contributed by atoms with van der Waals surface area (Å²) >= 11 is 0. The van der Waals surface area contributed by atoms with Crippen LogP contribution in [-0.4, -0.2) is 89.7 Å². The summed E-state index contributed by atoms with van der Waals surface area (Å²) < 4.78 is 112. The maximum atomic E-state index is 14.6. The molecule has 11 nitrogen and oxygen atoms in total. The van der Waals surface area contributed by atoms with Gasteiger partial charge in [0.1, 0.15) is 34.9 Å². The van der Waals surface area contributed by atoms with Gasteiger partial charge >= 0.3 is 0 Å². The Morgan fingerprint density at radius 2 is 0.777 bits per heavy atom. The molecule has 19 heteroatoms. The minimum absolute atomic E-state index is 0.0588. The van der Waals surface area contributed by atoms with Gasteiger partial charge < -0.3 is 29.5 Å². The second-order valence-corrected chi connectivity index (χ2v) is 34.0. The highest BCUT2D eigenvalue weighted by atomic mass is 19.2. The lowest BCUT2D eigenvalue weighted by atomic mass is 9.83. The number of unbranched alkanes of at least 4 members (excludes halogenated alkanes) is 1. The van der Waals surface area contributed by atoms with Crippen molar-refractivity contribution in [2.75, 3.05) is 6.54 Å². The molecular formula is C111H90F8N6O5. The zero-order valence-electron chi connectivity index (χ0n) is 71.9. The average molecular weight is 1740 g/mol. The van der Waals surface area contributed by atoms with Gasteiger partial charge in [0.15, 0.2) is 11.6 Å². The zero-order chi connectivity index (χ0) is 91.6. The number of para-hydroxylation sites is 1. The van der Waals surface area contributed by atoms with Crippen LogP contribution in [0.25, 0.3) is 33.2 Å². The Kier molecular flexibility index (Phi) is 25.7. The van der Waals surface area contributed by atoms with Crippen LogP contribution in [0.2, 0.25) is 0 Å². The number of hydrogen-bond acceptors (Lipinski definition) is 5. The average Bonchev–Trinajstić information content (AvgIpc) is 1.59. The first-order chi connectivity index (χ1) is 62.9. The van der Waals surface area contributed by atoms with Gasteiger partial charge in [-0.3, -0.25) is 24.0 Å². The molecule has 1 aromatic heterocycles. The molecule has 0 spiro atoms. The van der Waals surface area contributed by atoms with E-state index in [1.165, 1.54) is 116 Å². The summed E-state index contributed by atoms with van der Waals surface area (Å²) in [4.78, 5) is 74.1. The number of amides is 5. The number of hydrogen-bond donors (Lipinski definition) is 1. The van der Waals surface area contributed by atoms with Crippen LogP contribution in [0.4, 0.5) is 35.1 Å². The molecule has 4 aliphatic carbocycles. The second-order valence-electron chi connectivity index (χ2n) is 34.0. The van der Waals surface area contributed by atoms with Crippen LogP contribution in [0.1, 0.15) is 186 Å². The molecule has 9 atom stereocenters. The Labute approximate surface area is 751 Å². The van der Waals surface area contributed by atoms with Crippen molar-refractivity contribution in [1.29, 1.82) is 0 Å². The monoisotopic (exact) mass is 1740 g/mol. The van der Waals surface area contributed by atoms with Crippen molar-refractivity contribution >= 4 is 62.7 Å². The Balaban J connectivity index is 0.000000119. The number of fused-ring (bicyclic) bond motifs is 11. The van der Waals surface area contributed by atoms with Crippen molar-refractivity contribution in [3.63, 3.8) is 0 Å². The van der Waals surface area contributed by atoms with E-state index in [1.807, 2.05) is 98.5 Å². The Hall–Kier alpha value is -14.7. The van der Waals surface area contributed by atoms with Gasteiger partial charge in [0, 0.05) is 58.9 Å². The number of aromatic nitrogens is 1. The van der Waals surface area contributed by atoms with Crippen LogP contribution in [0.15, 0.2) is 247 Å². The molecule has 11 aromatic rings. The van der Waals surface area contributed by atoms with Crippen molar-refractivity contribution in [1.82, 2.24) is 29.5 Å². The van der Waals surface area contributed by atoms with E-state index < -0.39 is 70.8 Å². The van der Waals surface area contributed by atoms with E-state index in [9.17, 15) is 59.1 Å². The molecule has 5 aliphatic heterocycles. The van der Waals surface area contributed by atoms with Crippen molar-refractivity contribution in [3.8, 4) is 61.7 Å². The number of rotatable bonds is 8. The van der Waals surface area contributed by atoms with Gasteiger partial charge in [0.05, 0.1) is 35.8 Å². The molecule has 0 unspecified atom stereocenters. The number of carbonyl (C=O) groups is 5. The predicted octanol–water partition coefficient (Wildman–Crippen LogP) is 21.5. The predicted molar refractivity (Wildman–Crippen MR) is 488 cm³/mol. The minimum Gasteiger partial charge on any atom is -0.356 e. The SMILES string of the molecule is C#CC(=O)N1CCc2c([nH]c3ccccc23)[C@H]1c1ccc(F)cc1.C#CC(=O)N1[C@@H](CCCC)CC2=C(Cc3ccccc32)[C@@H]1c1ccc(F)cc1.C#CC(=O)N1[C@@H](c2c(F)cccc2F)C2=C(C[C@@H]1C)c1ccccc1C2.C#CC(=O)N1[C@@H](c2ccc(F)c(F)c2)C2=C(C[C@@H]1C)c1ccccc1C2.C#CC(=O)N1[C@@H](c2ccc(F)cc2F)C2=C(C[C@@H]1C)c1ccccc1C2. The number of benzene rings is 10. The molecule has 0 saturated heterocycles. The highest BCUT2D eigenvalue weighted by molar-refractivity contribution is 5.99. The van der Waals surface area contributed by atoms with Crippen LogP contribution in [-0.2, 0) is 56.1 Å². The summed E-state index contributed by atoms with van der Waals surface area (Å²) in [5.74, 6) is 3.88. The van der Waals surface area contributed by atoms with E-state index in [4.69, 9.17) is 32.1 Å². The summed E-state index contributed by atoms with van der Waals surface area (Å²) in [6, 6.07) is 61.4. The number of nitrogens with one attached hydrogen (secondary N) is 1.